The fraction of sp³-hybridized carbons (Fsp3) is 0.316. The van der Waals surface area contributed by atoms with Crippen LogP contribution >= 0.6 is 0 Å². The molecule has 6 heteroatoms. The van der Waals surface area contributed by atoms with Gasteiger partial charge in [0.2, 0.25) is 10.0 Å². The van der Waals surface area contributed by atoms with Gasteiger partial charge in [0.15, 0.2) is 0 Å². The Morgan fingerprint density at radius 3 is 2.48 bits per heavy atom. The molecule has 0 aromatic heterocycles. The van der Waals surface area contributed by atoms with Gasteiger partial charge in [-0.2, -0.15) is 0 Å². The molecule has 5 nitrogen and oxygen atoms in total. The highest BCUT2D eigenvalue weighted by atomic mass is 32.2. The Morgan fingerprint density at radius 1 is 1.16 bits per heavy atom. The number of benzene rings is 2. The molecule has 0 spiro atoms. The van der Waals surface area contributed by atoms with E-state index in [9.17, 15) is 13.2 Å². The molecule has 3 rings (SSSR count). The lowest BCUT2D eigenvalue weighted by Gasteiger charge is -2.17. The van der Waals surface area contributed by atoms with Gasteiger partial charge in [0, 0.05) is 12.1 Å². The van der Waals surface area contributed by atoms with E-state index in [1.54, 1.807) is 18.2 Å². The summed E-state index contributed by atoms with van der Waals surface area (Å²) in [6.45, 7) is 4.40. The van der Waals surface area contributed by atoms with Gasteiger partial charge in [-0.25, -0.2) is 8.42 Å². The Bertz CT molecular complexity index is 905. The van der Waals surface area contributed by atoms with Crippen LogP contribution in [0.2, 0.25) is 0 Å². The van der Waals surface area contributed by atoms with Crippen molar-refractivity contribution in [3.8, 4) is 0 Å². The van der Waals surface area contributed by atoms with Crippen molar-refractivity contribution in [2.75, 3.05) is 17.1 Å². The molecule has 1 aliphatic heterocycles. The van der Waals surface area contributed by atoms with Gasteiger partial charge in [-0.05, 0) is 49.6 Å². The van der Waals surface area contributed by atoms with Crippen molar-refractivity contribution in [1.82, 2.24) is 5.32 Å². The molecule has 1 aliphatic rings. The van der Waals surface area contributed by atoms with E-state index < -0.39 is 10.0 Å². The molecular weight excluding hydrogens is 336 g/mol. The molecule has 0 aliphatic carbocycles. The molecule has 1 amide bonds. The number of hydrogen-bond acceptors (Lipinski definition) is 3. The van der Waals surface area contributed by atoms with Gasteiger partial charge >= 0.3 is 0 Å². The Morgan fingerprint density at radius 2 is 1.84 bits per heavy atom. The number of sulfonamides is 1. The van der Waals surface area contributed by atoms with Crippen LogP contribution in [-0.2, 0) is 16.4 Å². The van der Waals surface area contributed by atoms with Crippen molar-refractivity contribution in [2.45, 2.75) is 26.3 Å². The summed E-state index contributed by atoms with van der Waals surface area (Å²) in [7, 11) is -3.27. The maximum atomic E-state index is 12.5. The van der Waals surface area contributed by atoms with Crippen molar-refractivity contribution in [2.24, 2.45) is 0 Å². The van der Waals surface area contributed by atoms with E-state index in [0.717, 1.165) is 11.1 Å². The van der Waals surface area contributed by atoms with Crippen molar-refractivity contribution in [3.05, 3.63) is 64.7 Å². The fourth-order valence-electron chi connectivity index (χ4n) is 3.08. The number of carbonyl (C=O) groups excluding carboxylic acids is 1. The highest BCUT2D eigenvalue weighted by Gasteiger charge is 2.26. The Hall–Kier alpha value is -2.34. The average molecular weight is 358 g/mol. The third-order valence-electron chi connectivity index (χ3n) is 4.52. The number of rotatable bonds is 4. The lowest BCUT2D eigenvalue weighted by atomic mass is 10.0. The normalized spacial score (nSPS) is 14.9. The largest absolute Gasteiger partial charge is 0.346 e. The van der Waals surface area contributed by atoms with Crippen LogP contribution < -0.4 is 9.62 Å². The molecular formula is C19H22N2O3S. The van der Waals surface area contributed by atoms with E-state index in [0.29, 0.717) is 24.2 Å². The van der Waals surface area contributed by atoms with Crippen molar-refractivity contribution in [1.29, 1.82) is 0 Å². The van der Waals surface area contributed by atoms with Crippen LogP contribution in [-0.4, -0.2) is 27.1 Å². The van der Waals surface area contributed by atoms with E-state index in [2.05, 4.69) is 5.32 Å². The van der Waals surface area contributed by atoms with Crippen LogP contribution in [0.25, 0.3) is 0 Å². The third kappa shape index (κ3) is 3.69. The van der Waals surface area contributed by atoms with Crippen LogP contribution in [0.1, 0.15) is 40.0 Å². The predicted molar refractivity (Wildman–Crippen MR) is 99.4 cm³/mol. The maximum absolute atomic E-state index is 12.5. The van der Waals surface area contributed by atoms with Gasteiger partial charge in [0.1, 0.15) is 0 Å². The SMILES string of the molecule is Cc1ccc(C(C)NC(=O)c2ccc3c(c2)CCN3S(C)(=O)=O)cc1. The van der Waals surface area contributed by atoms with Crippen molar-refractivity contribution >= 4 is 21.6 Å². The number of amides is 1. The van der Waals surface area contributed by atoms with Crippen LogP contribution in [0.5, 0.6) is 0 Å². The Balaban J connectivity index is 1.77. The fourth-order valence-corrected chi connectivity index (χ4v) is 4.03. The standard InChI is InChI=1S/C19H22N2O3S/c1-13-4-6-15(7-5-13)14(2)20-19(22)17-8-9-18-16(12-17)10-11-21(18)25(3,23)24/h4-9,12,14H,10-11H2,1-3H3,(H,20,22). The quantitative estimate of drug-likeness (QED) is 0.914. The first kappa shape index (κ1) is 17.5. The summed E-state index contributed by atoms with van der Waals surface area (Å²) in [4.78, 5) is 12.5. The van der Waals surface area contributed by atoms with E-state index >= 15 is 0 Å². The molecule has 2 aromatic carbocycles. The zero-order chi connectivity index (χ0) is 18.2. The highest BCUT2D eigenvalue weighted by molar-refractivity contribution is 7.92. The van der Waals surface area contributed by atoms with E-state index in [1.165, 1.54) is 16.1 Å². The van der Waals surface area contributed by atoms with Gasteiger partial charge in [0.05, 0.1) is 18.0 Å². The second kappa shape index (κ2) is 6.52. The van der Waals surface area contributed by atoms with Crippen LogP contribution in [0.4, 0.5) is 5.69 Å². The number of aryl methyl sites for hydroxylation is 1. The molecule has 1 unspecified atom stereocenters. The van der Waals surface area contributed by atoms with Crippen molar-refractivity contribution < 1.29 is 13.2 Å². The number of nitrogens with one attached hydrogen (secondary N) is 1. The van der Waals surface area contributed by atoms with Crippen LogP contribution in [0, 0.1) is 6.92 Å². The minimum Gasteiger partial charge on any atom is -0.346 e. The lowest BCUT2D eigenvalue weighted by molar-refractivity contribution is 0.0940. The number of carbonyl (C=O) groups is 1. The molecule has 0 bridgehead atoms. The number of fused-ring (bicyclic) bond motifs is 1. The number of nitrogens with zero attached hydrogens (tertiary/aromatic N) is 1. The third-order valence-corrected chi connectivity index (χ3v) is 5.70. The molecule has 1 N–H and O–H groups in total. The van der Waals surface area contributed by atoms with E-state index in [4.69, 9.17) is 0 Å². The topological polar surface area (TPSA) is 66.5 Å². The molecule has 2 aromatic rings. The molecule has 25 heavy (non-hydrogen) atoms. The first-order chi connectivity index (χ1) is 11.8. The minimum absolute atomic E-state index is 0.103. The van der Waals surface area contributed by atoms with Gasteiger partial charge in [-0.3, -0.25) is 9.10 Å². The Labute approximate surface area is 148 Å². The minimum atomic E-state index is -3.27. The van der Waals surface area contributed by atoms with Gasteiger partial charge in [-0.1, -0.05) is 29.8 Å². The summed E-state index contributed by atoms with van der Waals surface area (Å²) in [6.07, 6.45) is 1.82. The molecule has 132 valence electrons. The molecule has 0 saturated heterocycles. The Kier molecular flexibility index (Phi) is 4.56. The summed E-state index contributed by atoms with van der Waals surface area (Å²) in [5, 5.41) is 2.99. The van der Waals surface area contributed by atoms with Crippen LogP contribution in [0.15, 0.2) is 42.5 Å². The van der Waals surface area contributed by atoms with Crippen molar-refractivity contribution in [3.63, 3.8) is 0 Å². The second-order valence-electron chi connectivity index (χ2n) is 6.53. The highest BCUT2D eigenvalue weighted by Crippen LogP contribution is 2.30. The smallest absolute Gasteiger partial charge is 0.251 e. The number of hydrogen-bond donors (Lipinski definition) is 1. The molecule has 0 saturated carbocycles. The zero-order valence-corrected chi connectivity index (χ0v) is 15.4. The zero-order valence-electron chi connectivity index (χ0n) is 14.6. The molecule has 1 atom stereocenters. The first-order valence-electron chi connectivity index (χ1n) is 8.24. The summed E-state index contributed by atoms with van der Waals surface area (Å²) >= 11 is 0. The molecule has 1 heterocycles. The molecule has 0 radical (unpaired) electrons. The lowest BCUT2D eigenvalue weighted by Crippen LogP contribution is -2.28. The van der Waals surface area contributed by atoms with Gasteiger partial charge in [0.25, 0.3) is 5.91 Å². The predicted octanol–water partition coefficient (Wildman–Crippen LogP) is 2.81. The first-order valence-corrected chi connectivity index (χ1v) is 10.1. The summed E-state index contributed by atoms with van der Waals surface area (Å²) in [5.74, 6) is -0.159. The average Bonchev–Trinajstić information content (AvgIpc) is 2.98. The second-order valence-corrected chi connectivity index (χ2v) is 8.44. The maximum Gasteiger partial charge on any atom is 0.251 e. The number of anilines is 1. The summed E-state index contributed by atoms with van der Waals surface area (Å²) in [5.41, 5.74) is 4.33. The molecule has 0 fully saturated rings. The monoisotopic (exact) mass is 358 g/mol. The summed E-state index contributed by atoms with van der Waals surface area (Å²) in [6, 6.07) is 13.1. The van der Waals surface area contributed by atoms with E-state index in [1.807, 2.05) is 38.1 Å². The van der Waals surface area contributed by atoms with Gasteiger partial charge in [-0.15, -0.1) is 0 Å². The summed E-state index contributed by atoms with van der Waals surface area (Å²) < 4.78 is 25.0. The van der Waals surface area contributed by atoms with E-state index in [-0.39, 0.29) is 11.9 Å². The van der Waals surface area contributed by atoms with Crippen LogP contribution in [0.3, 0.4) is 0 Å². The van der Waals surface area contributed by atoms with Gasteiger partial charge < -0.3 is 5.32 Å².